The maximum Gasteiger partial charge on any atom is 0.332 e. The number of para-hydroxylation sites is 1. The van der Waals surface area contributed by atoms with Crippen LogP contribution in [0.4, 0.5) is 20.3 Å². The van der Waals surface area contributed by atoms with E-state index in [2.05, 4.69) is 11.7 Å². The van der Waals surface area contributed by atoms with Crippen LogP contribution >= 0.6 is 20.8 Å². The molecule has 0 aliphatic heterocycles. The second-order valence-electron chi connectivity index (χ2n) is 8.11. The average molecular weight is 553 g/mol. The summed E-state index contributed by atoms with van der Waals surface area (Å²) in [7, 11) is 1.48. The minimum Gasteiger partial charge on any atom is -0.473 e. The first kappa shape index (κ1) is 28.5. The lowest BCUT2D eigenvalue weighted by atomic mass is 10.2. The highest BCUT2D eigenvalue weighted by Gasteiger charge is 2.29. The van der Waals surface area contributed by atoms with Gasteiger partial charge in [0.05, 0.1) is 5.56 Å². The molecule has 0 aliphatic carbocycles. The highest BCUT2D eigenvalue weighted by molar-refractivity contribution is 7.17. The third kappa shape index (κ3) is 6.63. The van der Waals surface area contributed by atoms with Gasteiger partial charge in [0.25, 0.3) is 11.2 Å². The van der Waals surface area contributed by atoms with Crippen LogP contribution in [0.15, 0.2) is 63.1 Å². The second kappa shape index (κ2) is 12.4. The van der Waals surface area contributed by atoms with E-state index in [9.17, 15) is 23.5 Å². The molecule has 0 aliphatic rings. The summed E-state index contributed by atoms with van der Waals surface area (Å²) in [5.74, 6) is -0.0406. The van der Waals surface area contributed by atoms with Crippen molar-refractivity contribution in [2.75, 3.05) is 18.2 Å². The fourth-order valence-corrected chi connectivity index (χ4v) is 4.20. The van der Waals surface area contributed by atoms with Crippen LogP contribution in [0.25, 0.3) is 0 Å². The number of hydrogen-bond acceptors (Lipinski definition) is 6. The Bertz CT molecular complexity index is 1360. The number of alkyl halides is 2. The molecule has 0 bridgehead atoms. The van der Waals surface area contributed by atoms with Gasteiger partial charge in [-0.25, -0.2) is 9.79 Å². The Balaban J connectivity index is 2.17. The second-order valence-corrected chi connectivity index (χ2v) is 9.27. The summed E-state index contributed by atoms with van der Waals surface area (Å²) in [4.78, 5) is 32.1. The Kier molecular flexibility index (Phi) is 9.59. The number of nitrogens with zero attached hydrogens (tertiary/aromatic N) is 4. The summed E-state index contributed by atoms with van der Waals surface area (Å²) in [5.41, 5.74) is -4.08. The summed E-state index contributed by atoms with van der Waals surface area (Å²) in [6.45, 7) is 5.02. The molecule has 1 N–H and O–H groups in total. The summed E-state index contributed by atoms with van der Waals surface area (Å²) >= 11 is 6.02. The van der Waals surface area contributed by atoms with Gasteiger partial charge in [-0.15, -0.1) is 0 Å². The van der Waals surface area contributed by atoms with Gasteiger partial charge in [0.1, 0.15) is 11.4 Å². The number of anilines is 1. The zero-order valence-corrected chi connectivity index (χ0v) is 22.2. The van der Waals surface area contributed by atoms with Gasteiger partial charge < -0.3 is 14.7 Å². The molecule has 0 fully saturated rings. The number of aliphatic hydroxyl groups excluding tert-OH is 1. The molecule has 0 saturated carbocycles. The predicted molar refractivity (Wildman–Crippen MR) is 145 cm³/mol. The van der Waals surface area contributed by atoms with E-state index in [1.54, 1.807) is 37.3 Å². The third-order valence-electron chi connectivity index (χ3n) is 5.61. The molecular weight excluding hydrogens is 525 g/mol. The first-order chi connectivity index (χ1) is 17.6. The van der Waals surface area contributed by atoms with Crippen molar-refractivity contribution in [2.24, 2.45) is 4.99 Å². The van der Waals surface area contributed by atoms with E-state index in [0.29, 0.717) is 5.02 Å². The van der Waals surface area contributed by atoms with E-state index in [1.165, 1.54) is 36.9 Å². The fraction of sp³-hybridized carbons (Fsp3) is 0.320. The van der Waals surface area contributed by atoms with Crippen molar-refractivity contribution in [3.63, 3.8) is 0 Å². The van der Waals surface area contributed by atoms with Crippen LogP contribution in [0.5, 0.6) is 5.75 Å². The van der Waals surface area contributed by atoms with E-state index >= 15 is 0 Å². The van der Waals surface area contributed by atoms with Crippen molar-refractivity contribution in [1.82, 2.24) is 9.13 Å². The molecule has 1 aromatic heterocycles. The van der Waals surface area contributed by atoms with Crippen molar-refractivity contribution in [1.29, 1.82) is 0 Å². The zero-order chi connectivity index (χ0) is 27.2. The molecule has 1 heterocycles. The van der Waals surface area contributed by atoms with Crippen molar-refractivity contribution in [3.05, 3.63) is 85.5 Å². The van der Waals surface area contributed by atoms with Crippen LogP contribution in [0.3, 0.4) is 0 Å². The van der Waals surface area contributed by atoms with Crippen LogP contribution in [-0.4, -0.2) is 34.3 Å². The van der Waals surface area contributed by atoms with E-state index in [1.807, 2.05) is 0 Å². The Hall–Kier alpha value is -3.07. The average Bonchev–Trinajstić information content (AvgIpc) is 2.87. The number of aliphatic imine (C=N–C) groups is 1. The molecule has 3 rings (SSSR count). The number of halogens is 3. The SMILES string of the molecule is C=Nc1c(N(COc2ccccc2C(F)(F)P)Cc2ccc(Cl)cc2)c(=O)n(CCCO)c(=O)n1CC. The molecule has 0 radical (unpaired) electrons. The van der Waals surface area contributed by atoms with Crippen molar-refractivity contribution >= 4 is 39.1 Å². The number of aliphatic hydroxyl groups is 1. The standard InChI is InChI=1S/C25H28ClF2N4O4P/c1-3-31-22(29-2)21(23(34)32(24(31)35)13-6-14-33)30(15-17-9-11-18(26)12-10-17)16-36-20-8-5-4-7-19(20)25(27,28)37/h4-5,7-12,33H,2-3,6,13-16,37H2,1H3. The first-order valence-electron chi connectivity index (χ1n) is 11.5. The quantitative estimate of drug-likeness (QED) is 0.205. The van der Waals surface area contributed by atoms with Crippen LogP contribution in [0, 0.1) is 0 Å². The maximum atomic E-state index is 14.2. The smallest absolute Gasteiger partial charge is 0.332 e. The van der Waals surface area contributed by atoms with Crippen molar-refractivity contribution in [2.45, 2.75) is 38.6 Å². The lowest BCUT2D eigenvalue weighted by Gasteiger charge is -2.28. The Morgan fingerprint density at radius 2 is 1.84 bits per heavy atom. The molecule has 198 valence electrons. The van der Waals surface area contributed by atoms with Gasteiger partial charge >= 0.3 is 5.69 Å². The monoisotopic (exact) mass is 552 g/mol. The van der Waals surface area contributed by atoms with E-state index < -0.39 is 16.9 Å². The molecule has 1 atom stereocenters. The molecule has 8 nitrogen and oxygen atoms in total. The topological polar surface area (TPSA) is 89.1 Å². The van der Waals surface area contributed by atoms with Gasteiger partial charge in [0, 0.05) is 31.3 Å². The first-order valence-corrected chi connectivity index (χ1v) is 12.4. The van der Waals surface area contributed by atoms with Crippen LogP contribution < -0.4 is 20.9 Å². The molecule has 0 saturated heterocycles. The van der Waals surface area contributed by atoms with Gasteiger partial charge in [-0.3, -0.25) is 13.9 Å². The number of ether oxygens (including phenoxy) is 1. The highest BCUT2D eigenvalue weighted by atomic mass is 35.5. The lowest BCUT2D eigenvalue weighted by molar-refractivity contribution is 0.0990. The van der Waals surface area contributed by atoms with Gasteiger partial charge in [0.15, 0.2) is 12.5 Å². The summed E-state index contributed by atoms with van der Waals surface area (Å²) in [6.07, 6.45) is 0.184. The molecule has 3 aromatic rings. The Morgan fingerprint density at radius 3 is 2.43 bits per heavy atom. The normalized spacial score (nSPS) is 11.4. The van der Waals surface area contributed by atoms with Gasteiger partial charge in [-0.1, -0.05) is 45.1 Å². The summed E-state index contributed by atoms with van der Waals surface area (Å²) in [5, 5.41) is 9.79. The molecule has 0 amide bonds. The zero-order valence-electron chi connectivity index (χ0n) is 20.2. The Morgan fingerprint density at radius 1 is 1.16 bits per heavy atom. The van der Waals surface area contributed by atoms with E-state index in [4.69, 9.17) is 16.3 Å². The third-order valence-corrected chi connectivity index (χ3v) is 6.17. The van der Waals surface area contributed by atoms with Crippen LogP contribution in [-0.2, 0) is 25.3 Å². The summed E-state index contributed by atoms with van der Waals surface area (Å²) in [6, 6.07) is 12.6. The number of benzene rings is 2. The molecular formula is C25H28ClF2N4O4P. The number of hydrogen-bond donors (Lipinski definition) is 1. The van der Waals surface area contributed by atoms with Gasteiger partial charge in [-0.05, 0) is 49.9 Å². The van der Waals surface area contributed by atoms with E-state index in [0.717, 1.165) is 10.1 Å². The minimum atomic E-state index is -3.24. The Labute approximate surface area is 220 Å². The highest BCUT2D eigenvalue weighted by Crippen LogP contribution is 2.40. The predicted octanol–water partition coefficient (Wildman–Crippen LogP) is 4.37. The summed E-state index contributed by atoms with van der Waals surface area (Å²) < 4.78 is 36.5. The number of aromatic nitrogens is 2. The van der Waals surface area contributed by atoms with Gasteiger partial charge in [-0.2, -0.15) is 8.78 Å². The molecule has 12 heteroatoms. The van der Waals surface area contributed by atoms with E-state index in [-0.39, 0.29) is 62.2 Å². The maximum absolute atomic E-state index is 14.2. The van der Waals surface area contributed by atoms with Crippen molar-refractivity contribution in [3.8, 4) is 5.75 Å². The molecule has 1 unspecified atom stereocenters. The van der Waals surface area contributed by atoms with Gasteiger partial charge in [0.2, 0.25) is 0 Å². The minimum absolute atomic E-state index is 0.0134. The molecule has 0 spiro atoms. The molecule has 2 aromatic carbocycles. The number of rotatable bonds is 12. The van der Waals surface area contributed by atoms with Crippen LogP contribution in [0.1, 0.15) is 24.5 Å². The van der Waals surface area contributed by atoms with Crippen molar-refractivity contribution < 1.29 is 18.6 Å². The van der Waals surface area contributed by atoms with Crippen LogP contribution in [0.2, 0.25) is 5.02 Å². The fourth-order valence-electron chi connectivity index (χ4n) is 3.84. The lowest BCUT2D eigenvalue weighted by Crippen LogP contribution is -2.44. The largest absolute Gasteiger partial charge is 0.473 e. The molecule has 37 heavy (non-hydrogen) atoms.